The Morgan fingerprint density at radius 1 is 1.00 bits per heavy atom. The summed E-state index contributed by atoms with van der Waals surface area (Å²) in [7, 11) is 0. The Balaban J connectivity index is 1.86. The minimum absolute atomic E-state index is 0.0812. The third-order valence-electron chi connectivity index (χ3n) is 4.03. The van der Waals surface area contributed by atoms with Gasteiger partial charge in [0, 0.05) is 11.1 Å². The van der Waals surface area contributed by atoms with Crippen molar-refractivity contribution in [2.75, 3.05) is 5.32 Å². The fraction of sp³-hybridized carbons (Fsp3) is 0.158. The number of carbonyl (C=O) groups excluding carboxylic acids is 1. The molecule has 0 spiro atoms. The van der Waals surface area contributed by atoms with E-state index >= 15 is 0 Å². The van der Waals surface area contributed by atoms with Crippen LogP contribution in [0.5, 0.6) is 0 Å². The molecule has 0 aliphatic carbocycles. The van der Waals surface area contributed by atoms with Crippen molar-refractivity contribution in [2.45, 2.75) is 20.3 Å². The molecule has 1 aromatic heterocycles. The minimum Gasteiger partial charge on any atom is -0.478 e. The van der Waals surface area contributed by atoms with Crippen LogP contribution in [0.2, 0.25) is 0 Å². The van der Waals surface area contributed by atoms with Crippen LogP contribution in [0.1, 0.15) is 37.5 Å². The highest BCUT2D eigenvalue weighted by molar-refractivity contribution is 5.99. The van der Waals surface area contributed by atoms with Gasteiger partial charge in [-0.05, 0) is 49.2 Å². The molecule has 0 bridgehead atoms. The zero-order chi connectivity index (χ0) is 19.7. The molecule has 1 amide bonds. The summed E-state index contributed by atoms with van der Waals surface area (Å²) >= 11 is 0. The van der Waals surface area contributed by atoms with Crippen molar-refractivity contribution in [3.63, 3.8) is 0 Å². The zero-order valence-electron chi connectivity index (χ0n) is 14.6. The van der Waals surface area contributed by atoms with Gasteiger partial charge in [-0.25, -0.2) is 9.59 Å². The molecular weight excluding hydrogens is 352 g/mol. The normalized spacial score (nSPS) is 10.7. The molecular formula is C19H16N2O6. The van der Waals surface area contributed by atoms with E-state index < -0.39 is 17.8 Å². The Labute approximate surface area is 153 Å². The molecule has 27 heavy (non-hydrogen) atoms. The third kappa shape index (κ3) is 3.79. The number of fused-ring (bicyclic) bond motifs is 1. The van der Waals surface area contributed by atoms with E-state index in [-0.39, 0.29) is 23.2 Å². The molecule has 3 N–H and O–H groups in total. The number of amides is 1. The maximum absolute atomic E-state index is 12.4. The lowest BCUT2D eigenvalue weighted by molar-refractivity contribution is -0.115. The molecule has 0 fully saturated rings. The summed E-state index contributed by atoms with van der Waals surface area (Å²) < 4.78 is 5.28. The Bertz CT molecular complexity index is 1050. The molecule has 1 heterocycles. The number of carbonyl (C=O) groups is 3. The van der Waals surface area contributed by atoms with Gasteiger partial charge in [0.25, 0.3) is 0 Å². The van der Waals surface area contributed by atoms with Gasteiger partial charge in [-0.3, -0.25) is 4.79 Å². The van der Waals surface area contributed by atoms with Crippen LogP contribution >= 0.6 is 0 Å². The Kier molecular flexibility index (Phi) is 4.64. The van der Waals surface area contributed by atoms with Crippen LogP contribution in [-0.4, -0.2) is 33.2 Å². The van der Waals surface area contributed by atoms with Crippen LogP contribution in [0.3, 0.4) is 0 Å². The summed E-state index contributed by atoms with van der Waals surface area (Å²) in [4.78, 5) is 34.7. The van der Waals surface area contributed by atoms with E-state index in [0.717, 1.165) is 22.6 Å². The SMILES string of the molecule is Cc1cc(C)c2c(CC(=O)Nc3cc(C(=O)O)cc(C(=O)O)c3)noc2c1. The number of aromatic carboxylic acids is 2. The van der Waals surface area contributed by atoms with Crippen molar-refractivity contribution in [2.24, 2.45) is 0 Å². The van der Waals surface area contributed by atoms with Crippen molar-refractivity contribution in [3.05, 3.63) is 58.3 Å². The molecule has 3 aromatic rings. The highest BCUT2D eigenvalue weighted by atomic mass is 16.5. The minimum atomic E-state index is -1.29. The van der Waals surface area contributed by atoms with Gasteiger partial charge in [0.15, 0.2) is 5.58 Å². The first-order valence-electron chi connectivity index (χ1n) is 8.01. The van der Waals surface area contributed by atoms with Gasteiger partial charge in [0.05, 0.1) is 17.5 Å². The summed E-state index contributed by atoms with van der Waals surface area (Å²) in [5.74, 6) is -3.05. The molecule has 3 rings (SSSR count). The van der Waals surface area contributed by atoms with Crippen molar-refractivity contribution in [3.8, 4) is 0 Å². The predicted molar refractivity (Wildman–Crippen MR) is 96.2 cm³/mol. The van der Waals surface area contributed by atoms with E-state index in [1.165, 1.54) is 12.1 Å². The molecule has 8 heteroatoms. The second-order valence-corrected chi connectivity index (χ2v) is 6.22. The van der Waals surface area contributed by atoms with Gasteiger partial charge in [0.2, 0.25) is 5.91 Å². The largest absolute Gasteiger partial charge is 0.478 e. The first kappa shape index (κ1) is 18.1. The number of rotatable bonds is 5. The summed E-state index contributed by atoms with van der Waals surface area (Å²) in [5.41, 5.74) is 2.59. The molecule has 0 unspecified atom stereocenters. The smallest absolute Gasteiger partial charge is 0.335 e. The number of nitrogens with zero attached hydrogens (tertiary/aromatic N) is 1. The maximum Gasteiger partial charge on any atom is 0.335 e. The molecule has 8 nitrogen and oxygen atoms in total. The Hall–Kier alpha value is -3.68. The van der Waals surface area contributed by atoms with Crippen molar-refractivity contribution in [1.82, 2.24) is 5.16 Å². The van der Waals surface area contributed by atoms with E-state index in [1.807, 2.05) is 26.0 Å². The van der Waals surface area contributed by atoms with Gasteiger partial charge in [-0.1, -0.05) is 11.2 Å². The summed E-state index contributed by atoms with van der Waals surface area (Å²) in [6, 6.07) is 7.20. The number of nitrogens with one attached hydrogen (secondary N) is 1. The number of aryl methyl sites for hydroxylation is 2. The first-order chi connectivity index (χ1) is 12.7. The average Bonchev–Trinajstić information content (AvgIpc) is 2.96. The number of hydrogen-bond acceptors (Lipinski definition) is 5. The van der Waals surface area contributed by atoms with Crippen LogP contribution in [0.4, 0.5) is 5.69 Å². The summed E-state index contributed by atoms with van der Waals surface area (Å²) in [6.45, 7) is 3.82. The Morgan fingerprint density at radius 2 is 1.63 bits per heavy atom. The molecule has 0 aliphatic heterocycles. The van der Waals surface area contributed by atoms with Gasteiger partial charge in [-0.2, -0.15) is 0 Å². The highest BCUT2D eigenvalue weighted by Crippen LogP contribution is 2.25. The molecule has 0 saturated heterocycles. The van der Waals surface area contributed by atoms with E-state index in [2.05, 4.69) is 10.5 Å². The fourth-order valence-electron chi connectivity index (χ4n) is 2.94. The predicted octanol–water partition coefficient (Wildman–Crippen LogP) is 3.02. The number of carboxylic acids is 2. The van der Waals surface area contributed by atoms with Gasteiger partial charge in [0.1, 0.15) is 5.69 Å². The van der Waals surface area contributed by atoms with E-state index in [4.69, 9.17) is 14.7 Å². The van der Waals surface area contributed by atoms with Crippen molar-refractivity contribution < 1.29 is 29.1 Å². The van der Waals surface area contributed by atoms with Crippen LogP contribution in [0, 0.1) is 13.8 Å². The fourth-order valence-corrected chi connectivity index (χ4v) is 2.94. The topological polar surface area (TPSA) is 130 Å². The number of benzene rings is 2. The van der Waals surface area contributed by atoms with Crippen molar-refractivity contribution in [1.29, 1.82) is 0 Å². The standard InChI is InChI=1S/C19H16N2O6/c1-9-3-10(2)17-14(21-27-15(17)4-9)8-16(22)20-13-6-11(18(23)24)5-12(7-13)19(25)26/h3-7H,8H2,1-2H3,(H,20,22)(H,23,24)(H,25,26). The quantitative estimate of drug-likeness (QED) is 0.631. The molecule has 0 atom stereocenters. The van der Waals surface area contributed by atoms with Crippen LogP contribution < -0.4 is 5.32 Å². The average molecular weight is 368 g/mol. The molecule has 0 aliphatic rings. The highest BCUT2D eigenvalue weighted by Gasteiger charge is 2.17. The van der Waals surface area contributed by atoms with Gasteiger partial charge < -0.3 is 20.1 Å². The maximum atomic E-state index is 12.4. The second-order valence-electron chi connectivity index (χ2n) is 6.22. The van der Waals surface area contributed by atoms with Crippen molar-refractivity contribution >= 4 is 34.5 Å². The van der Waals surface area contributed by atoms with Crippen LogP contribution in [-0.2, 0) is 11.2 Å². The third-order valence-corrected chi connectivity index (χ3v) is 4.03. The number of anilines is 1. The molecule has 0 radical (unpaired) electrons. The number of carboxylic acid groups (broad SMARTS) is 2. The van der Waals surface area contributed by atoms with Crippen LogP contribution in [0.25, 0.3) is 11.0 Å². The second kappa shape index (κ2) is 6.91. The lowest BCUT2D eigenvalue weighted by Crippen LogP contribution is -2.16. The van der Waals surface area contributed by atoms with Gasteiger partial charge in [-0.15, -0.1) is 0 Å². The van der Waals surface area contributed by atoms with Gasteiger partial charge >= 0.3 is 11.9 Å². The Morgan fingerprint density at radius 3 is 2.22 bits per heavy atom. The van der Waals surface area contributed by atoms with E-state index in [1.54, 1.807) is 0 Å². The lowest BCUT2D eigenvalue weighted by atomic mass is 10.0. The summed E-state index contributed by atoms with van der Waals surface area (Å²) in [5, 5.41) is 25.4. The zero-order valence-corrected chi connectivity index (χ0v) is 14.6. The molecule has 2 aromatic carbocycles. The van der Waals surface area contributed by atoms with Crippen LogP contribution in [0.15, 0.2) is 34.9 Å². The lowest BCUT2D eigenvalue weighted by Gasteiger charge is -2.07. The summed E-state index contributed by atoms with van der Waals surface area (Å²) in [6.07, 6.45) is -0.101. The number of aromatic nitrogens is 1. The number of hydrogen-bond donors (Lipinski definition) is 3. The van der Waals surface area contributed by atoms with E-state index in [9.17, 15) is 14.4 Å². The molecule has 0 saturated carbocycles. The first-order valence-corrected chi connectivity index (χ1v) is 8.01. The molecule has 138 valence electrons. The van der Waals surface area contributed by atoms with E-state index in [0.29, 0.717) is 11.3 Å². The monoisotopic (exact) mass is 368 g/mol.